The first-order valence-corrected chi connectivity index (χ1v) is 50.7. The molecule has 0 spiro atoms. The van der Waals surface area contributed by atoms with Gasteiger partial charge < -0.3 is 30.7 Å². The molecule has 0 saturated heterocycles. The van der Waals surface area contributed by atoms with E-state index in [-0.39, 0.29) is 23.6 Å². The van der Waals surface area contributed by atoms with E-state index in [1.54, 1.807) is 0 Å². The number of amides is 3. The lowest BCUT2D eigenvalue weighted by molar-refractivity contribution is -0.188. The second-order valence-corrected chi connectivity index (χ2v) is 37.4. The molecule has 4 fully saturated rings. The number of carbonyl (C=O) groups excluding carboxylic acids is 3. The Labute approximate surface area is 682 Å². The van der Waals surface area contributed by atoms with Gasteiger partial charge in [0, 0.05) is 19.6 Å². The number of hydrogen-bond acceptors (Lipinski definition) is 6. The summed E-state index contributed by atoms with van der Waals surface area (Å²) in [4.78, 5) is 53.8. The van der Waals surface area contributed by atoms with Crippen molar-refractivity contribution in [3.8, 4) is 0 Å². The summed E-state index contributed by atoms with van der Waals surface area (Å²) >= 11 is 0. The highest BCUT2D eigenvalue weighted by Gasteiger charge is 2.69. The Morgan fingerprint density at radius 3 is 0.477 bits per heavy atom. The van der Waals surface area contributed by atoms with Gasteiger partial charge in [0.1, 0.15) is 0 Å². The zero-order valence-corrected chi connectivity index (χ0v) is 75.2. The van der Waals surface area contributed by atoms with Crippen LogP contribution in [0.1, 0.15) is 523 Å². The predicted molar refractivity (Wildman–Crippen MR) is 479 cm³/mol. The van der Waals surface area contributed by atoms with Crippen molar-refractivity contribution in [3.05, 3.63) is 0 Å². The standard InChI is InChI=1S/C100H196N6O3/c1-7-13-19-25-31-37-43-49-55-67-79-104(80-68-56-50-44-38-32-26-20-14-8-2)85-73-61-64-76-101-95(107)98-88-94-89-99(91-98,96(108)102-77-65-62-74-86-105(81-69-57-51-45-39-33-27-21-15-9-3)82-70-58-52-46-40-34-28-22-16-10-4)93-100(90-94,92-98)97(109)103-78-66-63-75-87-106(83-71-59-53-47-41-35-29-23-17-11-5)84-72-60-54-48-42-36-30-24-18-12-6/h94H,7-93H2,1-6H3,(H,101,107)(H,102,108)(H,103,109). The third-order valence-corrected chi connectivity index (χ3v) is 26.8. The van der Waals surface area contributed by atoms with Gasteiger partial charge in [-0.15, -0.1) is 0 Å². The summed E-state index contributed by atoms with van der Waals surface area (Å²) in [5.74, 6) is 0.615. The number of nitrogens with zero attached hydrogens (tertiary/aromatic N) is 3. The van der Waals surface area contributed by atoms with Crippen LogP contribution >= 0.6 is 0 Å². The molecule has 9 heteroatoms. The van der Waals surface area contributed by atoms with Gasteiger partial charge >= 0.3 is 0 Å². The van der Waals surface area contributed by atoms with E-state index in [4.69, 9.17) is 0 Å². The van der Waals surface area contributed by atoms with Crippen molar-refractivity contribution in [2.45, 2.75) is 523 Å². The van der Waals surface area contributed by atoms with E-state index < -0.39 is 16.2 Å². The fraction of sp³-hybridized carbons (Fsp3) is 0.970. The minimum Gasteiger partial charge on any atom is -0.356 e. The summed E-state index contributed by atoms with van der Waals surface area (Å²) in [5.41, 5.74) is -2.02. The highest BCUT2D eigenvalue weighted by molar-refractivity contribution is 5.92. The first-order valence-electron chi connectivity index (χ1n) is 50.7. The quantitative estimate of drug-likeness (QED) is 0.0525. The van der Waals surface area contributed by atoms with Crippen molar-refractivity contribution >= 4 is 17.7 Å². The third kappa shape index (κ3) is 52.6. The smallest absolute Gasteiger partial charge is 0.226 e. The van der Waals surface area contributed by atoms with Crippen LogP contribution in [0, 0.1) is 22.2 Å². The number of nitrogens with one attached hydrogen (secondary N) is 3. The maximum absolute atomic E-state index is 15.2. The van der Waals surface area contributed by atoms with E-state index in [1.165, 1.54) is 463 Å². The van der Waals surface area contributed by atoms with E-state index in [0.29, 0.717) is 38.9 Å². The number of carbonyl (C=O) groups is 3. The molecule has 0 aromatic rings. The first-order chi connectivity index (χ1) is 53.6. The molecule has 3 amide bonds. The van der Waals surface area contributed by atoms with Gasteiger partial charge in [0.2, 0.25) is 17.7 Å². The summed E-state index contributed by atoms with van der Waals surface area (Å²) < 4.78 is 0. The Kier molecular flexibility index (Phi) is 67.7. The second kappa shape index (κ2) is 72.7. The minimum absolute atomic E-state index is 0.134. The molecule has 0 heterocycles. The van der Waals surface area contributed by atoms with E-state index >= 15 is 14.4 Å². The first kappa shape index (κ1) is 101. The molecule has 9 nitrogen and oxygen atoms in total. The molecule has 0 aromatic heterocycles. The van der Waals surface area contributed by atoms with Gasteiger partial charge in [-0.1, -0.05) is 408 Å². The molecule has 4 aliphatic carbocycles. The van der Waals surface area contributed by atoms with Crippen molar-refractivity contribution in [1.29, 1.82) is 0 Å². The molecular formula is C100H196N6O3. The fourth-order valence-electron chi connectivity index (χ4n) is 20.2. The average molecular weight is 1530 g/mol. The van der Waals surface area contributed by atoms with Crippen molar-refractivity contribution in [2.75, 3.05) is 78.5 Å². The van der Waals surface area contributed by atoms with Crippen LogP contribution in [0.5, 0.6) is 0 Å². The van der Waals surface area contributed by atoms with Gasteiger partial charge in [-0.2, -0.15) is 0 Å². The van der Waals surface area contributed by atoms with Gasteiger partial charge in [0.25, 0.3) is 0 Å². The lowest BCUT2D eigenvalue weighted by Gasteiger charge is -2.64. The topological polar surface area (TPSA) is 97.0 Å². The monoisotopic (exact) mass is 1530 g/mol. The van der Waals surface area contributed by atoms with Gasteiger partial charge in [-0.05, 0) is 180 Å². The minimum atomic E-state index is -0.674. The third-order valence-electron chi connectivity index (χ3n) is 26.8. The highest BCUT2D eigenvalue weighted by atomic mass is 16.2. The SMILES string of the molecule is CCCCCCCCCCCCN(CCCCCCCCCCCC)CCCCCNC(=O)C12CC3CC(C(=O)NCCCCCN(CCCCCCCCCCCC)CCCCCCCCCCCC)(C1)CC(C(=O)NCCCCCN(CCCCCCCCCCCC)CCCCCCCCCCCC)(C3)C2. The van der Waals surface area contributed by atoms with E-state index in [1.807, 2.05) is 0 Å². The maximum atomic E-state index is 15.2. The molecule has 0 aliphatic heterocycles. The average Bonchev–Trinajstić information content (AvgIpc) is 0.691. The van der Waals surface area contributed by atoms with E-state index in [0.717, 1.165) is 57.8 Å². The molecule has 4 aliphatic rings. The molecule has 3 N–H and O–H groups in total. The lowest BCUT2D eigenvalue weighted by Crippen LogP contribution is -2.67. The van der Waals surface area contributed by atoms with Crippen LogP contribution in [0.2, 0.25) is 0 Å². The lowest BCUT2D eigenvalue weighted by atomic mass is 9.39. The largest absolute Gasteiger partial charge is 0.356 e. The zero-order valence-electron chi connectivity index (χ0n) is 75.2. The molecule has 0 atom stereocenters. The summed E-state index contributed by atoms with van der Waals surface area (Å²) in [6.45, 7) is 26.8. The molecular weight excluding hydrogens is 1330 g/mol. The Bertz CT molecular complexity index is 1700. The molecule has 0 aromatic carbocycles. The Balaban J connectivity index is 1.65. The van der Waals surface area contributed by atoms with E-state index in [2.05, 4.69) is 72.2 Å². The highest BCUT2D eigenvalue weighted by Crippen LogP contribution is 2.70. The Hall–Kier alpha value is -1.71. The summed E-state index contributed by atoms with van der Waals surface area (Å²) in [7, 11) is 0. The van der Waals surface area contributed by atoms with Crippen LogP contribution in [-0.4, -0.2) is 111 Å². The number of rotatable bonds is 87. The van der Waals surface area contributed by atoms with Crippen molar-refractivity contribution in [3.63, 3.8) is 0 Å². The van der Waals surface area contributed by atoms with Crippen molar-refractivity contribution < 1.29 is 14.4 Å². The molecule has 644 valence electrons. The molecule has 4 saturated carbocycles. The van der Waals surface area contributed by atoms with Crippen LogP contribution in [0.3, 0.4) is 0 Å². The van der Waals surface area contributed by atoms with Crippen LogP contribution < -0.4 is 16.0 Å². The second-order valence-electron chi connectivity index (χ2n) is 37.4. The number of hydrogen-bond donors (Lipinski definition) is 3. The van der Waals surface area contributed by atoms with Gasteiger partial charge in [-0.25, -0.2) is 0 Å². The molecule has 109 heavy (non-hydrogen) atoms. The molecule has 0 radical (unpaired) electrons. The van der Waals surface area contributed by atoms with Gasteiger partial charge in [0.05, 0.1) is 16.2 Å². The van der Waals surface area contributed by atoms with Gasteiger partial charge in [0.15, 0.2) is 0 Å². The Morgan fingerprint density at radius 1 is 0.202 bits per heavy atom. The Morgan fingerprint density at radius 2 is 0.330 bits per heavy atom. The molecule has 4 rings (SSSR count). The fourth-order valence-corrected chi connectivity index (χ4v) is 20.2. The predicted octanol–water partition coefficient (Wildman–Crippen LogP) is 29.2. The van der Waals surface area contributed by atoms with Crippen LogP contribution in [-0.2, 0) is 14.4 Å². The molecule has 0 unspecified atom stereocenters. The molecule has 4 bridgehead atoms. The maximum Gasteiger partial charge on any atom is 0.226 e. The summed E-state index contributed by atoms with van der Waals surface area (Å²) in [6, 6.07) is 0. The zero-order chi connectivity index (χ0) is 78.2. The summed E-state index contributed by atoms with van der Waals surface area (Å²) in [5, 5.41) is 10.6. The van der Waals surface area contributed by atoms with Crippen LogP contribution in [0.4, 0.5) is 0 Å². The van der Waals surface area contributed by atoms with Crippen LogP contribution in [0.25, 0.3) is 0 Å². The van der Waals surface area contributed by atoms with Crippen molar-refractivity contribution in [2.24, 2.45) is 22.2 Å². The number of unbranched alkanes of at least 4 members (excludes halogenated alkanes) is 60. The van der Waals surface area contributed by atoms with E-state index in [9.17, 15) is 0 Å². The van der Waals surface area contributed by atoms with Crippen molar-refractivity contribution in [1.82, 2.24) is 30.7 Å². The van der Waals surface area contributed by atoms with Gasteiger partial charge in [-0.3, -0.25) is 14.4 Å². The van der Waals surface area contributed by atoms with Crippen LogP contribution in [0.15, 0.2) is 0 Å². The summed E-state index contributed by atoms with van der Waals surface area (Å²) in [6.07, 6.45) is 97.2. The normalized spacial score (nSPS) is 18.2.